The molecule has 0 bridgehead atoms. The predicted molar refractivity (Wildman–Crippen MR) is 61.3 cm³/mol. The number of benzene rings is 1. The van der Waals surface area contributed by atoms with Crippen molar-refractivity contribution in [1.29, 1.82) is 0 Å². The Balaban J connectivity index is 2.05. The molecule has 1 heterocycles. The largest absolute Gasteiger partial charge is 0.290 e. The molecule has 1 atom stereocenters. The number of nitrogens with zero attached hydrogens (tertiary/aromatic N) is 1. The van der Waals surface area contributed by atoms with E-state index in [0.717, 1.165) is 13.0 Å². The molecule has 0 saturated carbocycles. The summed E-state index contributed by atoms with van der Waals surface area (Å²) in [6, 6.07) is 10.4. The number of rotatable bonds is 1. The van der Waals surface area contributed by atoms with Crippen LogP contribution in [0.2, 0.25) is 0 Å². The van der Waals surface area contributed by atoms with Crippen LogP contribution in [0.5, 0.6) is 0 Å². The van der Waals surface area contributed by atoms with E-state index in [1.165, 1.54) is 5.56 Å². The van der Waals surface area contributed by atoms with Gasteiger partial charge in [-0.25, -0.2) is 0 Å². The van der Waals surface area contributed by atoms with E-state index < -0.39 is 0 Å². The summed E-state index contributed by atoms with van der Waals surface area (Å²) < 4.78 is 0. The molecule has 1 aliphatic heterocycles. The lowest BCUT2D eigenvalue weighted by atomic mass is 10.1. The smallest absolute Gasteiger partial charge is 0.106 e. The maximum absolute atomic E-state index is 5.95. The van der Waals surface area contributed by atoms with Gasteiger partial charge in [-0.15, -0.1) is 0 Å². The predicted octanol–water partition coefficient (Wildman–Crippen LogP) is 3.16. The second-order valence-electron chi connectivity index (χ2n) is 5.07. The third kappa shape index (κ3) is 2.39. The van der Waals surface area contributed by atoms with Crippen LogP contribution in [0.25, 0.3) is 0 Å². The highest BCUT2D eigenvalue weighted by Gasteiger charge is 2.32. The molecule has 1 fully saturated rings. The van der Waals surface area contributed by atoms with Crippen molar-refractivity contribution < 1.29 is 4.84 Å². The van der Waals surface area contributed by atoms with Crippen LogP contribution in [0, 0.1) is 0 Å². The lowest BCUT2D eigenvalue weighted by Crippen LogP contribution is -2.38. The van der Waals surface area contributed by atoms with Gasteiger partial charge in [0.2, 0.25) is 0 Å². The van der Waals surface area contributed by atoms with Gasteiger partial charge in [0.05, 0.1) is 0 Å². The van der Waals surface area contributed by atoms with Gasteiger partial charge in [0, 0.05) is 12.1 Å². The molecular weight excluding hydrogens is 186 g/mol. The average Bonchev–Trinajstić information content (AvgIpc) is 2.67. The molecule has 82 valence electrons. The molecule has 1 aromatic carbocycles. The first-order valence-corrected chi connectivity index (χ1v) is 5.57. The molecule has 0 N–H and O–H groups in total. The Kier molecular flexibility index (Phi) is 2.81. The van der Waals surface area contributed by atoms with Crippen LogP contribution < -0.4 is 0 Å². The third-order valence-electron chi connectivity index (χ3n) is 2.77. The van der Waals surface area contributed by atoms with Crippen molar-refractivity contribution in [3.8, 4) is 0 Å². The van der Waals surface area contributed by atoms with Gasteiger partial charge in [0.1, 0.15) is 6.10 Å². The van der Waals surface area contributed by atoms with Crippen molar-refractivity contribution in [2.75, 3.05) is 6.54 Å². The lowest BCUT2D eigenvalue weighted by molar-refractivity contribution is -0.196. The van der Waals surface area contributed by atoms with E-state index in [0.29, 0.717) is 0 Å². The highest BCUT2D eigenvalue weighted by atomic mass is 16.7. The first-order chi connectivity index (χ1) is 7.07. The minimum absolute atomic E-state index is 0.101. The standard InChI is InChI=1S/C13H19NO/c1-13(2,3)14-10-9-12(15-14)11-7-5-4-6-8-11/h4-8,12H,9-10H2,1-3H3. The van der Waals surface area contributed by atoms with Crippen LogP contribution in [-0.4, -0.2) is 17.1 Å². The van der Waals surface area contributed by atoms with Crippen LogP contribution in [0.3, 0.4) is 0 Å². The van der Waals surface area contributed by atoms with E-state index in [4.69, 9.17) is 4.84 Å². The second kappa shape index (κ2) is 3.95. The molecule has 0 radical (unpaired) electrons. The molecule has 1 aromatic rings. The molecular formula is C13H19NO. The van der Waals surface area contributed by atoms with Crippen LogP contribution in [0.1, 0.15) is 38.9 Å². The zero-order chi connectivity index (χ0) is 10.9. The van der Waals surface area contributed by atoms with Crippen molar-refractivity contribution in [2.45, 2.75) is 38.8 Å². The molecule has 0 aliphatic carbocycles. The Morgan fingerprint density at radius 2 is 1.87 bits per heavy atom. The SMILES string of the molecule is CC(C)(C)N1CCC(c2ccccc2)O1. The van der Waals surface area contributed by atoms with E-state index in [1.54, 1.807) is 0 Å². The van der Waals surface area contributed by atoms with Gasteiger partial charge in [-0.3, -0.25) is 4.84 Å². The fourth-order valence-corrected chi connectivity index (χ4v) is 1.88. The number of hydrogen-bond donors (Lipinski definition) is 0. The quantitative estimate of drug-likeness (QED) is 0.698. The number of hydrogen-bond acceptors (Lipinski definition) is 2. The van der Waals surface area contributed by atoms with E-state index in [1.807, 2.05) is 6.07 Å². The molecule has 1 aliphatic rings. The Labute approximate surface area is 91.8 Å². The second-order valence-corrected chi connectivity index (χ2v) is 5.07. The first kappa shape index (κ1) is 10.7. The Morgan fingerprint density at radius 1 is 1.20 bits per heavy atom. The van der Waals surface area contributed by atoms with E-state index in [2.05, 4.69) is 50.1 Å². The van der Waals surface area contributed by atoms with Gasteiger partial charge in [-0.2, -0.15) is 5.06 Å². The average molecular weight is 205 g/mol. The van der Waals surface area contributed by atoms with Crippen molar-refractivity contribution in [2.24, 2.45) is 0 Å². The van der Waals surface area contributed by atoms with Crippen molar-refractivity contribution in [1.82, 2.24) is 5.06 Å². The lowest BCUT2D eigenvalue weighted by Gasteiger charge is -2.30. The van der Waals surface area contributed by atoms with Gasteiger partial charge < -0.3 is 0 Å². The minimum atomic E-state index is 0.101. The summed E-state index contributed by atoms with van der Waals surface area (Å²) in [5, 5.41) is 2.09. The van der Waals surface area contributed by atoms with Gasteiger partial charge in [-0.05, 0) is 32.8 Å². The Bertz CT molecular complexity index is 315. The minimum Gasteiger partial charge on any atom is -0.290 e. The summed E-state index contributed by atoms with van der Waals surface area (Å²) in [5.41, 5.74) is 1.38. The fraction of sp³-hybridized carbons (Fsp3) is 0.538. The van der Waals surface area contributed by atoms with Crippen LogP contribution >= 0.6 is 0 Å². The van der Waals surface area contributed by atoms with E-state index >= 15 is 0 Å². The van der Waals surface area contributed by atoms with Crippen molar-refractivity contribution in [3.63, 3.8) is 0 Å². The van der Waals surface area contributed by atoms with Crippen LogP contribution in [0.15, 0.2) is 30.3 Å². The summed E-state index contributed by atoms with van der Waals surface area (Å²) >= 11 is 0. The molecule has 2 nitrogen and oxygen atoms in total. The summed E-state index contributed by atoms with van der Waals surface area (Å²) in [5.74, 6) is 0. The van der Waals surface area contributed by atoms with Gasteiger partial charge >= 0.3 is 0 Å². The molecule has 1 saturated heterocycles. The molecule has 2 heteroatoms. The highest BCUT2D eigenvalue weighted by Crippen LogP contribution is 2.32. The zero-order valence-corrected chi connectivity index (χ0v) is 9.73. The Morgan fingerprint density at radius 3 is 2.40 bits per heavy atom. The molecule has 15 heavy (non-hydrogen) atoms. The molecule has 0 aromatic heterocycles. The molecule has 1 unspecified atom stereocenters. The normalized spacial score (nSPS) is 23.3. The maximum atomic E-state index is 5.95. The third-order valence-corrected chi connectivity index (χ3v) is 2.77. The van der Waals surface area contributed by atoms with E-state index in [9.17, 15) is 0 Å². The van der Waals surface area contributed by atoms with Gasteiger partial charge in [-0.1, -0.05) is 30.3 Å². The van der Waals surface area contributed by atoms with E-state index in [-0.39, 0.29) is 11.6 Å². The number of hydroxylamine groups is 2. The Hall–Kier alpha value is -0.860. The molecule has 0 amide bonds. The van der Waals surface area contributed by atoms with Gasteiger partial charge in [0.25, 0.3) is 0 Å². The maximum Gasteiger partial charge on any atom is 0.106 e. The summed E-state index contributed by atoms with van der Waals surface area (Å²) in [7, 11) is 0. The summed E-state index contributed by atoms with van der Waals surface area (Å²) in [6.07, 6.45) is 1.33. The first-order valence-electron chi connectivity index (χ1n) is 5.57. The van der Waals surface area contributed by atoms with Crippen LogP contribution in [-0.2, 0) is 4.84 Å². The topological polar surface area (TPSA) is 12.5 Å². The molecule has 2 rings (SSSR count). The van der Waals surface area contributed by atoms with Gasteiger partial charge in [0.15, 0.2) is 0 Å². The zero-order valence-electron chi connectivity index (χ0n) is 9.73. The fourth-order valence-electron chi connectivity index (χ4n) is 1.88. The summed E-state index contributed by atoms with van der Waals surface area (Å²) in [4.78, 5) is 5.95. The van der Waals surface area contributed by atoms with Crippen molar-refractivity contribution >= 4 is 0 Å². The highest BCUT2D eigenvalue weighted by molar-refractivity contribution is 5.18. The molecule has 0 spiro atoms. The monoisotopic (exact) mass is 205 g/mol. The van der Waals surface area contributed by atoms with Crippen LogP contribution in [0.4, 0.5) is 0 Å². The summed E-state index contributed by atoms with van der Waals surface area (Å²) in [6.45, 7) is 7.56. The van der Waals surface area contributed by atoms with Crippen molar-refractivity contribution in [3.05, 3.63) is 35.9 Å².